The van der Waals surface area contributed by atoms with Gasteiger partial charge in [0.25, 0.3) is 0 Å². The third kappa shape index (κ3) is 4.94. The molecule has 0 aliphatic carbocycles. The third-order valence-electron chi connectivity index (χ3n) is 3.56. The molecule has 2 rings (SSSR count). The maximum atomic E-state index is 12.7. The summed E-state index contributed by atoms with van der Waals surface area (Å²) in [6, 6.07) is 6.57. The summed E-state index contributed by atoms with van der Waals surface area (Å²) in [5.41, 5.74) is -0.563. The zero-order chi connectivity index (χ0) is 18.0. The minimum atomic E-state index is -3.55. The third-order valence-corrected chi connectivity index (χ3v) is 6.00. The van der Waals surface area contributed by atoms with Crippen molar-refractivity contribution in [2.24, 2.45) is 0 Å². The van der Waals surface area contributed by atoms with E-state index in [2.05, 4.69) is 15.9 Å². The number of carbonyl (C=O) groups excluding carboxylic acids is 1. The van der Waals surface area contributed by atoms with Gasteiger partial charge in [-0.2, -0.15) is 4.31 Å². The van der Waals surface area contributed by atoms with Crippen LogP contribution in [-0.4, -0.2) is 55.5 Å². The Hall–Kier alpha value is -1.12. The Morgan fingerprint density at radius 1 is 1.08 bits per heavy atom. The first-order valence-electron chi connectivity index (χ1n) is 7.83. The van der Waals surface area contributed by atoms with Gasteiger partial charge in [-0.15, -0.1) is 0 Å². The summed E-state index contributed by atoms with van der Waals surface area (Å²) in [6.45, 7) is 6.90. The van der Waals surface area contributed by atoms with Gasteiger partial charge in [0.2, 0.25) is 10.0 Å². The quantitative estimate of drug-likeness (QED) is 0.739. The van der Waals surface area contributed by atoms with Crippen molar-refractivity contribution in [3.05, 3.63) is 28.7 Å². The van der Waals surface area contributed by atoms with Crippen molar-refractivity contribution in [2.45, 2.75) is 37.7 Å². The summed E-state index contributed by atoms with van der Waals surface area (Å²) < 4.78 is 33.1. The molecule has 1 aliphatic heterocycles. The number of hydrogen-bond acceptors (Lipinski definition) is 4. The van der Waals surface area contributed by atoms with Crippen LogP contribution in [-0.2, 0) is 14.8 Å². The lowest BCUT2D eigenvalue weighted by atomic mass is 10.2. The fraction of sp³-hybridized carbons (Fsp3) is 0.562. The van der Waals surface area contributed by atoms with E-state index in [1.165, 1.54) is 4.31 Å². The largest absolute Gasteiger partial charge is 0.444 e. The summed E-state index contributed by atoms with van der Waals surface area (Å²) >= 11 is 3.30. The van der Waals surface area contributed by atoms with E-state index in [9.17, 15) is 13.2 Å². The van der Waals surface area contributed by atoms with Crippen molar-refractivity contribution in [1.82, 2.24) is 9.21 Å². The first-order valence-corrected chi connectivity index (χ1v) is 10.1. The lowest BCUT2D eigenvalue weighted by molar-refractivity contribution is 0.0260. The maximum absolute atomic E-state index is 12.7. The predicted octanol–water partition coefficient (Wildman–Crippen LogP) is 3.08. The molecule has 0 radical (unpaired) electrons. The number of halogens is 1. The lowest BCUT2D eigenvalue weighted by Gasteiger charge is -2.26. The average Bonchev–Trinajstić information content (AvgIpc) is 2.72. The molecule has 24 heavy (non-hydrogen) atoms. The number of hydrogen-bond donors (Lipinski definition) is 0. The summed E-state index contributed by atoms with van der Waals surface area (Å²) in [5.74, 6) is 0. The van der Waals surface area contributed by atoms with Crippen LogP contribution in [0.4, 0.5) is 4.79 Å². The van der Waals surface area contributed by atoms with Crippen molar-refractivity contribution in [3.63, 3.8) is 0 Å². The summed E-state index contributed by atoms with van der Waals surface area (Å²) in [4.78, 5) is 14.0. The zero-order valence-corrected chi connectivity index (χ0v) is 16.6. The maximum Gasteiger partial charge on any atom is 0.410 e. The highest BCUT2D eigenvalue weighted by atomic mass is 79.9. The fourth-order valence-electron chi connectivity index (χ4n) is 2.40. The number of benzene rings is 1. The molecular formula is C16H23BrN2O4S. The molecule has 1 aromatic carbocycles. The molecule has 0 bridgehead atoms. The van der Waals surface area contributed by atoms with E-state index in [0.717, 1.165) is 4.47 Å². The van der Waals surface area contributed by atoms with Gasteiger partial charge in [-0.3, -0.25) is 0 Å². The van der Waals surface area contributed by atoms with Gasteiger partial charge in [0.15, 0.2) is 0 Å². The van der Waals surface area contributed by atoms with Crippen LogP contribution in [0, 0.1) is 0 Å². The van der Waals surface area contributed by atoms with Crippen LogP contribution >= 0.6 is 15.9 Å². The first-order chi connectivity index (χ1) is 11.1. The minimum Gasteiger partial charge on any atom is -0.444 e. The highest BCUT2D eigenvalue weighted by Gasteiger charge is 2.29. The topological polar surface area (TPSA) is 66.9 Å². The van der Waals surface area contributed by atoms with Crippen LogP contribution in [0.25, 0.3) is 0 Å². The van der Waals surface area contributed by atoms with E-state index < -0.39 is 21.7 Å². The Bertz CT molecular complexity index is 683. The zero-order valence-electron chi connectivity index (χ0n) is 14.2. The molecule has 1 fully saturated rings. The molecule has 6 nitrogen and oxygen atoms in total. The number of amides is 1. The standard InChI is InChI=1S/C16H23BrN2O4S/c1-16(2,3)23-15(20)18-9-4-10-19(12-11-18)24(21,22)14-7-5-13(17)6-8-14/h5-8H,4,9-12H2,1-3H3. The van der Waals surface area contributed by atoms with Crippen LogP contribution in [0.15, 0.2) is 33.6 Å². The van der Waals surface area contributed by atoms with Crippen molar-refractivity contribution in [2.75, 3.05) is 26.2 Å². The van der Waals surface area contributed by atoms with Crippen LogP contribution in [0.2, 0.25) is 0 Å². The number of sulfonamides is 1. The Morgan fingerprint density at radius 3 is 2.29 bits per heavy atom. The Kier molecular flexibility index (Phi) is 5.93. The molecule has 1 amide bonds. The summed E-state index contributed by atoms with van der Waals surface area (Å²) in [6.07, 6.45) is 0.181. The van der Waals surface area contributed by atoms with Gasteiger partial charge in [0, 0.05) is 30.7 Å². The molecule has 1 saturated heterocycles. The molecule has 134 valence electrons. The molecule has 0 atom stereocenters. The molecular weight excluding hydrogens is 396 g/mol. The smallest absolute Gasteiger partial charge is 0.410 e. The Labute approximate surface area is 151 Å². The Morgan fingerprint density at radius 2 is 1.71 bits per heavy atom. The fourth-order valence-corrected chi connectivity index (χ4v) is 4.13. The second kappa shape index (κ2) is 7.41. The van der Waals surface area contributed by atoms with Gasteiger partial charge >= 0.3 is 6.09 Å². The predicted molar refractivity (Wildman–Crippen MR) is 95.3 cm³/mol. The number of carbonyl (C=O) groups is 1. The minimum absolute atomic E-state index is 0.261. The number of rotatable bonds is 2. The van der Waals surface area contributed by atoms with Crippen LogP contribution in [0.1, 0.15) is 27.2 Å². The van der Waals surface area contributed by atoms with Gasteiger partial charge < -0.3 is 9.64 Å². The van der Waals surface area contributed by atoms with Gasteiger partial charge in [0.1, 0.15) is 5.60 Å². The molecule has 1 aliphatic rings. The second-order valence-corrected chi connectivity index (χ2v) is 9.53. The van der Waals surface area contributed by atoms with E-state index in [-0.39, 0.29) is 11.4 Å². The molecule has 0 unspecified atom stereocenters. The highest BCUT2D eigenvalue weighted by molar-refractivity contribution is 9.10. The number of nitrogens with zero attached hydrogens (tertiary/aromatic N) is 2. The van der Waals surface area contributed by atoms with E-state index in [4.69, 9.17) is 4.74 Å². The average molecular weight is 419 g/mol. The van der Waals surface area contributed by atoms with Crippen molar-refractivity contribution in [3.8, 4) is 0 Å². The molecule has 1 heterocycles. The second-order valence-electron chi connectivity index (χ2n) is 6.68. The molecule has 8 heteroatoms. The number of ether oxygens (including phenoxy) is 1. The van der Waals surface area contributed by atoms with E-state index in [1.807, 2.05) is 20.8 Å². The van der Waals surface area contributed by atoms with E-state index in [1.54, 1.807) is 29.2 Å². The van der Waals surface area contributed by atoms with Crippen molar-refractivity contribution < 1.29 is 17.9 Å². The molecule has 0 N–H and O–H groups in total. The summed E-state index contributed by atoms with van der Waals surface area (Å²) in [7, 11) is -3.55. The lowest BCUT2D eigenvalue weighted by Crippen LogP contribution is -2.40. The highest BCUT2D eigenvalue weighted by Crippen LogP contribution is 2.20. The van der Waals surface area contributed by atoms with Gasteiger partial charge in [-0.25, -0.2) is 13.2 Å². The van der Waals surface area contributed by atoms with E-state index >= 15 is 0 Å². The molecule has 1 aromatic rings. The molecule has 0 aromatic heterocycles. The monoisotopic (exact) mass is 418 g/mol. The molecule has 0 saturated carbocycles. The van der Waals surface area contributed by atoms with Crippen LogP contribution in [0.3, 0.4) is 0 Å². The molecule has 0 spiro atoms. The van der Waals surface area contributed by atoms with Gasteiger partial charge in [-0.1, -0.05) is 15.9 Å². The normalized spacial score (nSPS) is 17.4. The van der Waals surface area contributed by atoms with Crippen LogP contribution in [0.5, 0.6) is 0 Å². The van der Waals surface area contributed by atoms with Gasteiger partial charge in [0.05, 0.1) is 4.90 Å². The first kappa shape index (κ1) is 19.2. The van der Waals surface area contributed by atoms with Crippen molar-refractivity contribution in [1.29, 1.82) is 0 Å². The SMILES string of the molecule is CC(C)(C)OC(=O)N1CCCN(S(=O)(=O)c2ccc(Br)cc2)CC1. The van der Waals surface area contributed by atoms with Crippen molar-refractivity contribution >= 4 is 32.0 Å². The van der Waals surface area contributed by atoms with Gasteiger partial charge in [-0.05, 0) is 51.5 Å². The Balaban J connectivity index is 2.07. The summed E-state index contributed by atoms with van der Waals surface area (Å²) in [5, 5.41) is 0. The van der Waals surface area contributed by atoms with E-state index in [0.29, 0.717) is 26.1 Å². The van der Waals surface area contributed by atoms with Crippen LogP contribution < -0.4 is 0 Å².